The minimum absolute atomic E-state index is 0.100. The van der Waals surface area contributed by atoms with Crippen molar-refractivity contribution in [2.75, 3.05) is 11.9 Å². The highest BCUT2D eigenvalue weighted by molar-refractivity contribution is 5.94. The van der Waals surface area contributed by atoms with Crippen molar-refractivity contribution in [3.05, 3.63) is 89.5 Å². The number of anilines is 1. The van der Waals surface area contributed by atoms with E-state index in [2.05, 4.69) is 10.6 Å². The van der Waals surface area contributed by atoms with Crippen molar-refractivity contribution in [3.63, 3.8) is 0 Å². The average molecular weight is 461 g/mol. The summed E-state index contributed by atoms with van der Waals surface area (Å²) in [5, 5.41) is 5.71. The molecule has 0 atom stereocenters. The number of ether oxygens (including phenoxy) is 2. The number of hydrogen-bond donors (Lipinski definition) is 2. The standard InChI is InChI=1S/C27H28N2O5/c1-19-8-3-4-13-25(19)33-15-7-14-26(31)29-23-11-5-9-21(16-23)18-28-27(32)22-10-6-12-24(17-22)34-20(2)30/h3-6,8-13,16-17H,7,14-15,18H2,1-2H3,(H,28,32)(H,29,31). The van der Waals surface area contributed by atoms with Crippen LogP contribution in [0.15, 0.2) is 72.8 Å². The molecule has 2 amide bonds. The predicted octanol–water partition coefficient (Wildman–Crippen LogP) is 4.65. The van der Waals surface area contributed by atoms with Gasteiger partial charge in [-0.15, -0.1) is 0 Å². The van der Waals surface area contributed by atoms with Gasteiger partial charge < -0.3 is 20.1 Å². The van der Waals surface area contributed by atoms with Crippen molar-refractivity contribution >= 4 is 23.5 Å². The van der Waals surface area contributed by atoms with Crippen molar-refractivity contribution in [1.29, 1.82) is 0 Å². The average Bonchev–Trinajstić information content (AvgIpc) is 2.81. The zero-order valence-corrected chi connectivity index (χ0v) is 19.3. The van der Waals surface area contributed by atoms with Crippen LogP contribution in [-0.4, -0.2) is 24.4 Å². The molecule has 0 aromatic heterocycles. The predicted molar refractivity (Wildman–Crippen MR) is 130 cm³/mol. The summed E-state index contributed by atoms with van der Waals surface area (Å²) in [5.41, 5.74) is 2.95. The zero-order valence-electron chi connectivity index (χ0n) is 19.3. The SMILES string of the molecule is CC(=O)Oc1cccc(C(=O)NCc2cccc(NC(=O)CCCOc3ccccc3C)c2)c1. The first kappa shape index (κ1) is 24.5. The molecule has 3 rings (SSSR count). The highest BCUT2D eigenvalue weighted by Gasteiger charge is 2.09. The Morgan fingerprint density at radius 1 is 0.912 bits per heavy atom. The fraction of sp³-hybridized carbons (Fsp3) is 0.222. The zero-order chi connectivity index (χ0) is 24.3. The first-order valence-corrected chi connectivity index (χ1v) is 11.0. The van der Waals surface area contributed by atoms with E-state index >= 15 is 0 Å². The number of amides is 2. The number of carbonyl (C=O) groups is 3. The van der Waals surface area contributed by atoms with E-state index in [0.29, 0.717) is 36.4 Å². The second-order valence-corrected chi connectivity index (χ2v) is 7.77. The number of para-hydroxylation sites is 1. The molecule has 0 radical (unpaired) electrons. The van der Waals surface area contributed by atoms with Gasteiger partial charge in [0, 0.05) is 31.1 Å². The smallest absolute Gasteiger partial charge is 0.308 e. The molecule has 0 aliphatic carbocycles. The molecule has 0 saturated carbocycles. The van der Waals surface area contributed by atoms with E-state index < -0.39 is 5.97 Å². The Bertz CT molecular complexity index is 1160. The molecule has 0 saturated heterocycles. The largest absolute Gasteiger partial charge is 0.493 e. The fourth-order valence-corrected chi connectivity index (χ4v) is 3.27. The maximum atomic E-state index is 12.5. The fourth-order valence-electron chi connectivity index (χ4n) is 3.27. The van der Waals surface area contributed by atoms with Crippen LogP contribution in [-0.2, 0) is 16.1 Å². The number of benzene rings is 3. The molecule has 0 heterocycles. The first-order valence-electron chi connectivity index (χ1n) is 11.0. The molecule has 3 aromatic carbocycles. The number of esters is 1. The van der Waals surface area contributed by atoms with Gasteiger partial charge in [-0.25, -0.2) is 0 Å². The van der Waals surface area contributed by atoms with Crippen molar-refractivity contribution in [3.8, 4) is 11.5 Å². The number of carbonyl (C=O) groups excluding carboxylic acids is 3. The molecule has 176 valence electrons. The van der Waals surface area contributed by atoms with Crippen LogP contribution < -0.4 is 20.1 Å². The van der Waals surface area contributed by atoms with Crippen LogP contribution in [0, 0.1) is 6.92 Å². The Balaban J connectivity index is 1.45. The second kappa shape index (κ2) is 12.2. The summed E-state index contributed by atoms with van der Waals surface area (Å²) in [6.07, 6.45) is 0.938. The number of aryl methyl sites for hydroxylation is 1. The lowest BCUT2D eigenvalue weighted by atomic mass is 10.1. The molecule has 0 spiro atoms. The lowest BCUT2D eigenvalue weighted by molar-refractivity contribution is -0.131. The van der Waals surface area contributed by atoms with Crippen LogP contribution in [0.3, 0.4) is 0 Å². The molecule has 7 heteroatoms. The number of nitrogens with one attached hydrogen (secondary N) is 2. The topological polar surface area (TPSA) is 93.7 Å². The van der Waals surface area contributed by atoms with Gasteiger partial charge in [-0.3, -0.25) is 14.4 Å². The summed E-state index contributed by atoms with van der Waals surface area (Å²) in [6, 6.07) is 21.5. The van der Waals surface area contributed by atoms with Crippen molar-refractivity contribution < 1.29 is 23.9 Å². The van der Waals surface area contributed by atoms with Gasteiger partial charge in [-0.2, -0.15) is 0 Å². The first-order chi connectivity index (χ1) is 16.4. The van der Waals surface area contributed by atoms with Gasteiger partial charge in [0.15, 0.2) is 0 Å². The van der Waals surface area contributed by atoms with Crippen LogP contribution in [0.4, 0.5) is 5.69 Å². The summed E-state index contributed by atoms with van der Waals surface area (Å²) >= 11 is 0. The maximum Gasteiger partial charge on any atom is 0.308 e. The van der Waals surface area contributed by atoms with Gasteiger partial charge in [-0.05, 0) is 60.9 Å². The van der Waals surface area contributed by atoms with Gasteiger partial charge in [0.2, 0.25) is 5.91 Å². The Hall–Kier alpha value is -4.13. The van der Waals surface area contributed by atoms with Crippen LogP contribution in [0.2, 0.25) is 0 Å². The summed E-state index contributed by atoms with van der Waals surface area (Å²) < 4.78 is 10.7. The molecular formula is C27H28N2O5. The highest BCUT2D eigenvalue weighted by Crippen LogP contribution is 2.17. The molecule has 0 aliphatic heterocycles. The number of hydrogen-bond acceptors (Lipinski definition) is 5. The van der Waals surface area contributed by atoms with Crippen LogP contribution in [0.5, 0.6) is 11.5 Å². The van der Waals surface area contributed by atoms with Gasteiger partial charge in [0.25, 0.3) is 5.91 Å². The van der Waals surface area contributed by atoms with Crippen LogP contribution in [0.1, 0.15) is 41.3 Å². The molecule has 0 aliphatic rings. The quantitative estimate of drug-likeness (QED) is 0.261. The second-order valence-electron chi connectivity index (χ2n) is 7.77. The number of rotatable bonds is 10. The Morgan fingerprint density at radius 3 is 2.50 bits per heavy atom. The summed E-state index contributed by atoms with van der Waals surface area (Å²) in [5.74, 6) is 0.300. The Labute approximate surface area is 199 Å². The lowest BCUT2D eigenvalue weighted by Crippen LogP contribution is -2.23. The molecule has 7 nitrogen and oxygen atoms in total. The van der Waals surface area contributed by atoms with E-state index in [0.717, 1.165) is 16.9 Å². The van der Waals surface area contributed by atoms with E-state index in [-0.39, 0.29) is 18.4 Å². The monoisotopic (exact) mass is 460 g/mol. The summed E-state index contributed by atoms with van der Waals surface area (Å²) in [4.78, 5) is 35.8. The third kappa shape index (κ3) is 7.78. The lowest BCUT2D eigenvalue weighted by Gasteiger charge is -2.10. The normalized spacial score (nSPS) is 10.3. The van der Waals surface area contributed by atoms with E-state index in [1.807, 2.05) is 49.4 Å². The maximum absolute atomic E-state index is 12.5. The van der Waals surface area contributed by atoms with E-state index in [9.17, 15) is 14.4 Å². The van der Waals surface area contributed by atoms with Crippen molar-refractivity contribution in [2.45, 2.75) is 33.2 Å². The van der Waals surface area contributed by atoms with Gasteiger partial charge in [0.1, 0.15) is 11.5 Å². The Kier molecular flexibility index (Phi) is 8.80. The summed E-state index contributed by atoms with van der Waals surface area (Å²) in [6.45, 7) is 4.03. The molecular weight excluding hydrogens is 432 g/mol. The van der Waals surface area contributed by atoms with E-state index in [1.54, 1.807) is 24.3 Å². The van der Waals surface area contributed by atoms with E-state index in [4.69, 9.17) is 9.47 Å². The molecule has 2 N–H and O–H groups in total. The van der Waals surface area contributed by atoms with Crippen LogP contribution in [0.25, 0.3) is 0 Å². The van der Waals surface area contributed by atoms with Crippen LogP contribution >= 0.6 is 0 Å². The molecule has 0 fully saturated rings. The van der Waals surface area contributed by atoms with Gasteiger partial charge >= 0.3 is 5.97 Å². The van der Waals surface area contributed by atoms with Crippen molar-refractivity contribution in [1.82, 2.24) is 5.32 Å². The third-order valence-corrected chi connectivity index (χ3v) is 4.92. The minimum Gasteiger partial charge on any atom is -0.493 e. The highest BCUT2D eigenvalue weighted by atomic mass is 16.5. The molecule has 34 heavy (non-hydrogen) atoms. The molecule has 0 unspecified atom stereocenters. The van der Waals surface area contributed by atoms with E-state index in [1.165, 1.54) is 13.0 Å². The summed E-state index contributed by atoms with van der Waals surface area (Å²) in [7, 11) is 0. The third-order valence-electron chi connectivity index (χ3n) is 4.92. The Morgan fingerprint density at radius 2 is 1.71 bits per heavy atom. The van der Waals surface area contributed by atoms with Gasteiger partial charge in [-0.1, -0.05) is 36.4 Å². The minimum atomic E-state index is -0.449. The van der Waals surface area contributed by atoms with Crippen molar-refractivity contribution in [2.24, 2.45) is 0 Å². The molecule has 3 aromatic rings. The molecule has 0 bridgehead atoms. The van der Waals surface area contributed by atoms with Gasteiger partial charge in [0.05, 0.1) is 6.61 Å².